The topological polar surface area (TPSA) is 78.6 Å². The summed E-state index contributed by atoms with van der Waals surface area (Å²) in [5, 5.41) is 5.54. The van der Waals surface area contributed by atoms with Crippen molar-refractivity contribution in [3.8, 4) is 11.3 Å². The van der Waals surface area contributed by atoms with Crippen molar-refractivity contribution in [1.29, 1.82) is 0 Å². The van der Waals surface area contributed by atoms with Gasteiger partial charge in [0.2, 0.25) is 0 Å². The predicted molar refractivity (Wildman–Crippen MR) is 148 cm³/mol. The number of amidine groups is 1. The number of thioether (sulfide) groups is 1. The van der Waals surface area contributed by atoms with E-state index < -0.39 is 0 Å². The summed E-state index contributed by atoms with van der Waals surface area (Å²) in [4.78, 5) is 29.0. The molecule has 3 aromatic rings. The van der Waals surface area contributed by atoms with Crippen LogP contribution in [0.25, 0.3) is 23.0 Å². The van der Waals surface area contributed by atoms with Crippen LogP contribution in [0.5, 0.6) is 0 Å². The number of imidazole rings is 1. The number of anilines is 1. The molecule has 0 unspecified atom stereocenters. The SMILES string of the molecule is CC(C)N1CCN(c2ccc(-c3cnc4ccc(/C=C5\SC(N6CCOCC6)=NC5=O)nn34)cc2)CC1. The molecular weight excluding hydrogens is 486 g/mol. The van der Waals surface area contributed by atoms with E-state index in [9.17, 15) is 4.79 Å². The number of carbonyl (C=O) groups excluding carboxylic acids is 1. The number of benzene rings is 1. The molecule has 10 heteroatoms. The van der Waals surface area contributed by atoms with Gasteiger partial charge in [0.25, 0.3) is 5.91 Å². The van der Waals surface area contributed by atoms with Crippen LogP contribution in [0, 0.1) is 0 Å². The molecular formula is C27H31N7O2S. The lowest BCUT2D eigenvalue weighted by atomic mass is 10.1. The van der Waals surface area contributed by atoms with Crippen molar-refractivity contribution in [2.45, 2.75) is 19.9 Å². The fraction of sp³-hybridized carbons (Fsp3) is 0.407. The number of morpholine rings is 1. The molecule has 192 valence electrons. The van der Waals surface area contributed by atoms with Crippen LogP contribution in [0.4, 0.5) is 5.69 Å². The molecule has 0 radical (unpaired) electrons. The van der Waals surface area contributed by atoms with Gasteiger partial charge in [-0.2, -0.15) is 10.1 Å². The number of aliphatic imine (C=N–C) groups is 1. The fourth-order valence-electron chi connectivity index (χ4n) is 4.92. The number of hydrogen-bond donors (Lipinski definition) is 0. The summed E-state index contributed by atoms with van der Waals surface area (Å²) in [6, 6.07) is 13.1. The minimum absolute atomic E-state index is 0.218. The van der Waals surface area contributed by atoms with Gasteiger partial charge in [-0.1, -0.05) is 12.1 Å². The third-order valence-corrected chi connectivity index (χ3v) is 8.17. The van der Waals surface area contributed by atoms with Gasteiger partial charge >= 0.3 is 0 Å². The summed E-state index contributed by atoms with van der Waals surface area (Å²) >= 11 is 1.40. The van der Waals surface area contributed by atoms with Gasteiger partial charge in [0.15, 0.2) is 10.8 Å². The van der Waals surface area contributed by atoms with Gasteiger partial charge in [0, 0.05) is 56.6 Å². The maximum absolute atomic E-state index is 12.6. The summed E-state index contributed by atoms with van der Waals surface area (Å²) in [5.41, 5.74) is 4.68. The molecule has 3 aliphatic rings. The molecule has 0 spiro atoms. The first kappa shape index (κ1) is 24.1. The van der Waals surface area contributed by atoms with Gasteiger partial charge in [-0.05, 0) is 56.0 Å². The summed E-state index contributed by atoms with van der Waals surface area (Å²) in [5.74, 6) is -0.218. The highest BCUT2D eigenvalue weighted by Crippen LogP contribution is 2.31. The van der Waals surface area contributed by atoms with Gasteiger partial charge in [0.1, 0.15) is 0 Å². The van der Waals surface area contributed by atoms with E-state index in [1.54, 1.807) is 0 Å². The molecule has 0 bridgehead atoms. The highest BCUT2D eigenvalue weighted by molar-refractivity contribution is 8.18. The second-order valence-electron chi connectivity index (χ2n) is 9.74. The van der Waals surface area contributed by atoms with E-state index in [1.807, 2.05) is 28.9 Å². The van der Waals surface area contributed by atoms with E-state index in [4.69, 9.17) is 9.84 Å². The molecule has 0 atom stereocenters. The molecule has 2 aromatic heterocycles. The van der Waals surface area contributed by atoms with E-state index in [0.29, 0.717) is 29.9 Å². The van der Waals surface area contributed by atoms with Crippen molar-refractivity contribution in [2.75, 3.05) is 57.4 Å². The lowest BCUT2D eigenvalue weighted by Crippen LogP contribution is -2.48. The van der Waals surface area contributed by atoms with Gasteiger partial charge < -0.3 is 14.5 Å². The van der Waals surface area contributed by atoms with Crippen LogP contribution in [0.1, 0.15) is 19.5 Å². The van der Waals surface area contributed by atoms with E-state index in [0.717, 1.165) is 61.3 Å². The number of ether oxygens (including phenoxy) is 1. The molecule has 1 amide bonds. The summed E-state index contributed by atoms with van der Waals surface area (Å²) in [7, 11) is 0. The van der Waals surface area contributed by atoms with Crippen LogP contribution in [0.15, 0.2) is 52.5 Å². The van der Waals surface area contributed by atoms with Gasteiger partial charge in [-0.15, -0.1) is 0 Å². The van der Waals surface area contributed by atoms with Crippen LogP contribution < -0.4 is 4.90 Å². The van der Waals surface area contributed by atoms with Crippen LogP contribution in [0.2, 0.25) is 0 Å². The van der Waals surface area contributed by atoms with Crippen molar-refractivity contribution in [3.05, 3.63) is 53.2 Å². The second kappa shape index (κ2) is 10.3. The highest BCUT2D eigenvalue weighted by Gasteiger charge is 2.27. The number of amides is 1. The Kier molecular flexibility index (Phi) is 6.71. The lowest BCUT2D eigenvalue weighted by Gasteiger charge is -2.38. The Labute approximate surface area is 220 Å². The quantitative estimate of drug-likeness (QED) is 0.488. The van der Waals surface area contributed by atoms with Gasteiger partial charge in [0.05, 0.1) is 35.7 Å². The van der Waals surface area contributed by atoms with Crippen LogP contribution >= 0.6 is 11.8 Å². The largest absolute Gasteiger partial charge is 0.378 e. The minimum Gasteiger partial charge on any atom is -0.378 e. The zero-order valence-corrected chi connectivity index (χ0v) is 22.0. The number of carbonyl (C=O) groups is 1. The molecule has 2 saturated heterocycles. The molecule has 0 saturated carbocycles. The lowest BCUT2D eigenvalue weighted by molar-refractivity contribution is -0.113. The van der Waals surface area contributed by atoms with Gasteiger partial charge in [-0.3, -0.25) is 9.69 Å². The molecule has 37 heavy (non-hydrogen) atoms. The smallest absolute Gasteiger partial charge is 0.286 e. The van der Waals surface area contributed by atoms with Crippen molar-refractivity contribution in [1.82, 2.24) is 24.4 Å². The number of hydrogen-bond acceptors (Lipinski definition) is 8. The van der Waals surface area contributed by atoms with E-state index >= 15 is 0 Å². The Morgan fingerprint density at radius 3 is 2.43 bits per heavy atom. The van der Waals surface area contributed by atoms with Crippen LogP contribution in [-0.2, 0) is 9.53 Å². The third kappa shape index (κ3) is 5.01. The molecule has 0 N–H and O–H groups in total. The minimum atomic E-state index is -0.218. The molecule has 2 fully saturated rings. The van der Waals surface area contributed by atoms with Gasteiger partial charge in [-0.25, -0.2) is 9.50 Å². The monoisotopic (exact) mass is 517 g/mol. The zero-order chi connectivity index (χ0) is 25.4. The Morgan fingerprint density at radius 2 is 1.70 bits per heavy atom. The normalized spacial score (nSPS) is 20.5. The maximum atomic E-state index is 12.6. The Morgan fingerprint density at radius 1 is 0.946 bits per heavy atom. The Bertz CT molecular complexity index is 1350. The molecule has 5 heterocycles. The predicted octanol–water partition coefficient (Wildman–Crippen LogP) is 3.23. The summed E-state index contributed by atoms with van der Waals surface area (Å²) < 4.78 is 7.25. The van der Waals surface area contributed by atoms with Crippen LogP contribution in [-0.4, -0.2) is 94.0 Å². The number of piperazine rings is 1. The van der Waals surface area contributed by atoms with Crippen molar-refractivity contribution >= 4 is 40.2 Å². The first-order valence-corrected chi connectivity index (χ1v) is 13.7. The average molecular weight is 518 g/mol. The fourth-order valence-corrected chi connectivity index (χ4v) is 5.87. The first-order chi connectivity index (χ1) is 18.0. The van der Waals surface area contributed by atoms with Crippen LogP contribution in [0.3, 0.4) is 0 Å². The molecule has 9 nitrogen and oxygen atoms in total. The standard InChI is InChI=1S/C27H31N7O2S/c1-19(2)31-9-11-32(12-10-31)22-6-3-20(4-7-22)23-18-28-25-8-5-21(30-34(23)25)17-24-26(35)29-27(37-24)33-13-15-36-16-14-33/h3-8,17-19H,9-16H2,1-2H3/b24-17-. The van der Waals surface area contributed by atoms with Crippen molar-refractivity contribution in [3.63, 3.8) is 0 Å². The van der Waals surface area contributed by atoms with Crippen molar-refractivity contribution in [2.24, 2.45) is 4.99 Å². The average Bonchev–Trinajstić information content (AvgIpc) is 3.52. The molecule has 3 aliphatic heterocycles. The maximum Gasteiger partial charge on any atom is 0.286 e. The Hall–Kier alpha value is -3.21. The zero-order valence-electron chi connectivity index (χ0n) is 21.2. The molecule has 0 aliphatic carbocycles. The van der Waals surface area contributed by atoms with E-state index in [1.165, 1.54) is 17.4 Å². The molecule has 1 aromatic carbocycles. The third-order valence-electron chi connectivity index (χ3n) is 7.13. The number of rotatable bonds is 4. The van der Waals surface area contributed by atoms with E-state index in [-0.39, 0.29) is 5.91 Å². The highest BCUT2D eigenvalue weighted by atomic mass is 32.2. The second-order valence-corrected chi connectivity index (χ2v) is 10.8. The van der Waals surface area contributed by atoms with Crippen molar-refractivity contribution < 1.29 is 9.53 Å². The Balaban J connectivity index is 1.20. The summed E-state index contributed by atoms with van der Waals surface area (Å²) in [6.45, 7) is 11.6. The summed E-state index contributed by atoms with van der Waals surface area (Å²) in [6.07, 6.45) is 3.66. The number of nitrogens with zero attached hydrogens (tertiary/aromatic N) is 7. The first-order valence-electron chi connectivity index (χ1n) is 12.8. The van der Waals surface area contributed by atoms with E-state index in [2.05, 4.69) is 62.8 Å². The molecule has 6 rings (SSSR count). The number of aromatic nitrogens is 3. The number of fused-ring (bicyclic) bond motifs is 1.